The fraction of sp³-hybridized carbons (Fsp3) is 0.800. The van der Waals surface area contributed by atoms with Gasteiger partial charge in [-0.25, -0.2) is 4.79 Å². The van der Waals surface area contributed by atoms with E-state index >= 15 is 0 Å². The van der Waals surface area contributed by atoms with E-state index in [1.54, 1.807) is 11.8 Å². The summed E-state index contributed by atoms with van der Waals surface area (Å²) in [5, 5.41) is 11.4. The van der Waals surface area contributed by atoms with Crippen LogP contribution in [0.2, 0.25) is 0 Å². The van der Waals surface area contributed by atoms with Gasteiger partial charge in [-0.2, -0.15) is 0 Å². The Morgan fingerprint density at radius 3 is 2.81 bits per heavy atom. The second kappa shape index (κ2) is 5.69. The van der Waals surface area contributed by atoms with Gasteiger partial charge >= 0.3 is 12.0 Å². The van der Waals surface area contributed by atoms with E-state index in [4.69, 9.17) is 10.8 Å². The van der Waals surface area contributed by atoms with Gasteiger partial charge in [0.25, 0.3) is 0 Å². The third-order valence-electron chi connectivity index (χ3n) is 2.79. The summed E-state index contributed by atoms with van der Waals surface area (Å²) in [6, 6.07) is -0.0748. The number of hydrogen-bond acceptors (Lipinski definition) is 3. The zero-order valence-electron chi connectivity index (χ0n) is 9.48. The van der Waals surface area contributed by atoms with Gasteiger partial charge in [-0.1, -0.05) is 6.92 Å². The van der Waals surface area contributed by atoms with Crippen LogP contribution in [0.15, 0.2) is 0 Å². The highest BCUT2D eigenvalue weighted by atomic mass is 16.4. The van der Waals surface area contributed by atoms with Crippen LogP contribution in [-0.4, -0.2) is 47.7 Å². The summed E-state index contributed by atoms with van der Waals surface area (Å²) in [6.07, 6.45) is 1.28. The summed E-state index contributed by atoms with van der Waals surface area (Å²) in [5.41, 5.74) is 5.68. The molecule has 92 valence electrons. The Kier molecular flexibility index (Phi) is 4.54. The van der Waals surface area contributed by atoms with E-state index in [9.17, 15) is 9.59 Å². The van der Waals surface area contributed by atoms with Crippen molar-refractivity contribution in [3.63, 3.8) is 0 Å². The van der Waals surface area contributed by atoms with Crippen LogP contribution >= 0.6 is 0 Å². The topological polar surface area (TPSA) is 95.7 Å². The average Bonchev–Trinajstić information content (AvgIpc) is 2.64. The van der Waals surface area contributed by atoms with E-state index in [1.807, 2.05) is 0 Å². The number of hydrogen-bond donors (Lipinski definition) is 3. The zero-order chi connectivity index (χ0) is 12.1. The normalized spacial score (nSPS) is 21.9. The molecule has 0 saturated carbocycles. The average molecular weight is 229 g/mol. The molecular weight excluding hydrogens is 210 g/mol. The van der Waals surface area contributed by atoms with Crippen LogP contribution in [0, 0.1) is 5.92 Å². The van der Waals surface area contributed by atoms with Gasteiger partial charge in [0.2, 0.25) is 0 Å². The van der Waals surface area contributed by atoms with Crippen LogP contribution in [0.5, 0.6) is 0 Å². The van der Waals surface area contributed by atoms with Crippen LogP contribution in [-0.2, 0) is 4.79 Å². The number of urea groups is 1. The number of carbonyl (C=O) groups is 2. The molecule has 4 N–H and O–H groups in total. The highest BCUT2D eigenvalue weighted by Crippen LogP contribution is 2.07. The molecule has 1 heterocycles. The molecule has 0 spiro atoms. The maximum Gasteiger partial charge on any atom is 0.317 e. The van der Waals surface area contributed by atoms with Crippen LogP contribution < -0.4 is 11.1 Å². The van der Waals surface area contributed by atoms with Gasteiger partial charge in [-0.15, -0.1) is 0 Å². The summed E-state index contributed by atoms with van der Waals surface area (Å²) in [7, 11) is 0. The van der Waals surface area contributed by atoms with Gasteiger partial charge in [0.05, 0.1) is 5.92 Å². The molecule has 2 unspecified atom stereocenters. The lowest BCUT2D eigenvalue weighted by Crippen LogP contribution is -2.40. The number of nitrogens with zero attached hydrogens (tertiary/aromatic N) is 1. The monoisotopic (exact) mass is 229 g/mol. The maximum absolute atomic E-state index is 11.6. The third-order valence-corrected chi connectivity index (χ3v) is 2.79. The number of aliphatic carboxylic acids is 1. The molecular formula is C10H19N3O3. The van der Waals surface area contributed by atoms with Crippen molar-refractivity contribution in [2.24, 2.45) is 11.7 Å². The Morgan fingerprint density at radius 1 is 1.62 bits per heavy atom. The molecule has 0 aliphatic carbocycles. The second-order valence-electron chi connectivity index (χ2n) is 4.25. The molecule has 16 heavy (non-hydrogen) atoms. The van der Waals surface area contributed by atoms with E-state index in [-0.39, 0.29) is 12.1 Å². The van der Waals surface area contributed by atoms with E-state index in [1.165, 1.54) is 0 Å². The fourth-order valence-electron chi connectivity index (χ4n) is 1.60. The highest BCUT2D eigenvalue weighted by molar-refractivity contribution is 5.74. The van der Waals surface area contributed by atoms with Crippen LogP contribution in [0.3, 0.4) is 0 Å². The number of carboxylic acid groups (broad SMARTS) is 1. The van der Waals surface area contributed by atoms with Crippen molar-refractivity contribution >= 4 is 12.0 Å². The summed E-state index contributed by atoms with van der Waals surface area (Å²) < 4.78 is 0. The van der Waals surface area contributed by atoms with E-state index in [0.29, 0.717) is 26.1 Å². The third kappa shape index (κ3) is 3.69. The number of carboxylic acids is 1. The lowest BCUT2D eigenvalue weighted by atomic mass is 10.1. The molecule has 1 rings (SSSR count). The Morgan fingerprint density at radius 2 is 2.31 bits per heavy atom. The second-order valence-corrected chi connectivity index (χ2v) is 4.25. The molecule has 0 bridgehead atoms. The van der Waals surface area contributed by atoms with Gasteiger partial charge in [0.1, 0.15) is 0 Å². The van der Waals surface area contributed by atoms with Crippen molar-refractivity contribution in [3.05, 3.63) is 0 Å². The van der Waals surface area contributed by atoms with E-state index in [2.05, 4.69) is 5.32 Å². The van der Waals surface area contributed by atoms with Crippen molar-refractivity contribution in [3.8, 4) is 0 Å². The Balaban J connectivity index is 2.18. The van der Waals surface area contributed by atoms with Gasteiger partial charge in [0.15, 0.2) is 0 Å². The number of amides is 2. The minimum absolute atomic E-state index is 0.0729. The minimum atomic E-state index is -0.836. The number of nitrogens with one attached hydrogen (secondary N) is 1. The molecule has 1 aliphatic heterocycles. The summed E-state index contributed by atoms with van der Waals surface area (Å²) in [6.45, 7) is 3.28. The first-order chi connectivity index (χ1) is 7.50. The summed E-state index contributed by atoms with van der Waals surface area (Å²) in [4.78, 5) is 23.8. The fourth-order valence-corrected chi connectivity index (χ4v) is 1.60. The van der Waals surface area contributed by atoms with Gasteiger partial charge in [0, 0.05) is 25.7 Å². The van der Waals surface area contributed by atoms with Crippen molar-refractivity contribution in [2.75, 3.05) is 19.6 Å². The van der Waals surface area contributed by atoms with Gasteiger partial charge in [-0.3, -0.25) is 4.79 Å². The number of rotatable bonds is 4. The van der Waals surface area contributed by atoms with Crippen LogP contribution in [0.1, 0.15) is 19.8 Å². The molecule has 1 saturated heterocycles. The quantitative estimate of drug-likeness (QED) is 0.624. The Labute approximate surface area is 94.8 Å². The highest BCUT2D eigenvalue weighted by Gasteiger charge is 2.23. The maximum atomic E-state index is 11.6. The SMILES string of the molecule is CC(CCNC(=O)N1CCC(N)C1)C(=O)O. The van der Waals surface area contributed by atoms with Crippen molar-refractivity contribution in [1.82, 2.24) is 10.2 Å². The molecule has 0 radical (unpaired) electrons. The predicted molar refractivity (Wildman–Crippen MR) is 59.0 cm³/mol. The Bertz CT molecular complexity index is 270. The standard InChI is InChI=1S/C10H19N3O3/c1-7(9(14)15)2-4-12-10(16)13-5-3-8(11)6-13/h7-8H,2-6,11H2,1H3,(H,12,16)(H,14,15). The van der Waals surface area contributed by atoms with Crippen LogP contribution in [0.4, 0.5) is 4.79 Å². The molecule has 1 fully saturated rings. The molecule has 2 atom stereocenters. The first-order valence-corrected chi connectivity index (χ1v) is 5.52. The van der Waals surface area contributed by atoms with Crippen LogP contribution in [0.25, 0.3) is 0 Å². The van der Waals surface area contributed by atoms with E-state index in [0.717, 1.165) is 6.42 Å². The lowest BCUT2D eigenvalue weighted by Gasteiger charge is -2.17. The number of nitrogens with two attached hydrogens (primary N) is 1. The smallest absolute Gasteiger partial charge is 0.317 e. The number of carbonyl (C=O) groups excluding carboxylic acids is 1. The van der Waals surface area contributed by atoms with E-state index < -0.39 is 11.9 Å². The van der Waals surface area contributed by atoms with Crippen molar-refractivity contribution in [2.45, 2.75) is 25.8 Å². The molecule has 0 aromatic heterocycles. The Hall–Kier alpha value is -1.30. The van der Waals surface area contributed by atoms with Crippen molar-refractivity contribution < 1.29 is 14.7 Å². The van der Waals surface area contributed by atoms with Gasteiger partial charge in [-0.05, 0) is 12.8 Å². The first kappa shape index (κ1) is 12.8. The van der Waals surface area contributed by atoms with Crippen molar-refractivity contribution in [1.29, 1.82) is 0 Å². The first-order valence-electron chi connectivity index (χ1n) is 5.52. The summed E-state index contributed by atoms with van der Waals surface area (Å²) in [5.74, 6) is -1.27. The molecule has 6 heteroatoms. The lowest BCUT2D eigenvalue weighted by molar-refractivity contribution is -0.141. The zero-order valence-corrected chi connectivity index (χ0v) is 9.48. The summed E-state index contributed by atoms with van der Waals surface area (Å²) >= 11 is 0. The molecule has 0 aromatic carbocycles. The molecule has 0 aromatic rings. The molecule has 2 amide bonds. The molecule has 6 nitrogen and oxygen atoms in total. The van der Waals surface area contributed by atoms with Gasteiger partial charge < -0.3 is 21.1 Å². The molecule has 1 aliphatic rings. The predicted octanol–water partition coefficient (Wildman–Crippen LogP) is -0.160. The minimum Gasteiger partial charge on any atom is -0.481 e. The number of likely N-dealkylation sites (tertiary alicyclic amines) is 1. The largest absolute Gasteiger partial charge is 0.481 e.